The SMILES string of the molecule is CC[C@H](C)[C@H]1COC(c2cccc(C3=N[C@@H]([C@@H](C)CC)CO3)n2)=N1. The second-order valence-corrected chi connectivity index (χ2v) is 6.80. The monoisotopic (exact) mass is 329 g/mol. The van der Waals surface area contributed by atoms with E-state index in [9.17, 15) is 0 Å². The molecule has 0 saturated heterocycles. The van der Waals surface area contributed by atoms with E-state index in [0.29, 0.717) is 36.8 Å². The number of nitrogens with zero attached hydrogens (tertiary/aromatic N) is 3. The number of aliphatic imine (C=N–C) groups is 2. The minimum Gasteiger partial charge on any atom is -0.474 e. The van der Waals surface area contributed by atoms with E-state index >= 15 is 0 Å². The molecule has 2 aliphatic rings. The molecule has 0 N–H and O–H groups in total. The molecule has 0 fully saturated rings. The van der Waals surface area contributed by atoms with Gasteiger partial charge in [0.1, 0.15) is 24.6 Å². The van der Waals surface area contributed by atoms with Gasteiger partial charge in [0.05, 0.1) is 12.1 Å². The Hall–Kier alpha value is -1.91. The number of hydrogen-bond acceptors (Lipinski definition) is 5. The van der Waals surface area contributed by atoms with E-state index in [1.165, 1.54) is 0 Å². The molecule has 3 rings (SSSR count). The third-order valence-corrected chi connectivity index (χ3v) is 5.14. The van der Waals surface area contributed by atoms with Crippen molar-refractivity contribution in [3.05, 3.63) is 29.6 Å². The topological polar surface area (TPSA) is 56.1 Å². The van der Waals surface area contributed by atoms with Crippen molar-refractivity contribution in [2.75, 3.05) is 13.2 Å². The fourth-order valence-electron chi connectivity index (χ4n) is 2.86. The summed E-state index contributed by atoms with van der Waals surface area (Å²) in [7, 11) is 0. The Morgan fingerprint density at radius 1 is 0.917 bits per heavy atom. The van der Waals surface area contributed by atoms with Crippen molar-refractivity contribution in [2.24, 2.45) is 21.8 Å². The van der Waals surface area contributed by atoms with Crippen molar-refractivity contribution in [1.82, 2.24) is 4.98 Å². The van der Waals surface area contributed by atoms with Gasteiger partial charge in [0.25, 0.3) is 0 Å². The molecule has 0 spiro atoms. The van der Waals surface area contributed by atoms with Crippen LogP contribution in [-0.2, 0) is 9.47 Å². The van der Waals surface area contributed by atoms with Gasteiger partial charge in [-0.15, -0.1) is 0 Å². The summed E-state index contributed by atoms with van der Waals surface area (Å²) in [5, 5.41) is 0. The first-order valence-corrected chi connectivity index (χ1v) is 9.01. The number of aromatic nitrogens is 1. The predicted molar refractivity (Wildman–Crippen MR) is 95.7 cm³/mol. The highest BCUT2D eigenvalue weighted by Crippen LogP contribution is 2.21. The largest absolute Gasteiger partial charge is 0.474 e. The summed E-state index contributed by atoms with van der Waals surface area (Å²) in [6.45, 7) is 10.1. The first-order chi connectivity index (χ1) is 11.6. The average molecular weight is 329 g/mol. The highest BCUT2D eigenvalue weighted by atomic mass is 16.5. The third-order valence-electron chi connectivity index (χ3n) is 5.14. The van der Waals surface area contributed by atoms with Crippen LogP contribution < -0.4 is 0 Å². The zero-order valence-electron chi connectivity index (χ0n) is 15.0. The molecule has 0 saturated carbocycles. The first-order valence-electron chi connectivity index (χ1n) is 9.01. The minimum atomic E-state index is 0.227. The Bertz CT molecular complexity index is 590. The van der Waals surface area contributed by atoms with Crippen LogP contribution in [-0.4, -0.2) is 42.1 Å². The van der Waals surface area contributed by atoms with Crippen LogP contribution >= 0.6 is 0 Å². The molecule has 4 atom stereocenters. The van der Waals surface area contributed by atoms with Crippen LogP contribution in [0.15, 0.2) is 28.2 Å². The van der Waals surface area contributed by atoms with Crippen molar-refractivity contribution in [3.8, 4) is 0 Å². The van der Waals surface area contributed by atoms with Crippen LogP contribution in [0.2, 0.25) is 0 Å². The minimum absolute atomic E-state index is 0.227. The molecule has 2 aliphatic heterocycles. The number of pyridine rings is 1. The second-order valence-electron chi connectivity index (χ2n) is 6.80. The maximum absolute atomic E-state index is 5.78. The highest BCUT2D eigenvalue weighted by molar-refractivity contribution is 5.97. The molecule has 0 aliphatic carbocycles. The smallest absolute Gasteiger partial charge is 0.235 e. The average Bonchev–Trinajstić information content (AvgIpc) is 3.30. The summed E-state index contributed by atoms with van der Waals surface area (Å²) < 4.78 is 11.6. The zero-order chi connectivity index (χ0) is 17.1. The van der Waals surface area contributed by atoms with Crippen molar-refractivity contribution in [1.29, 1.82) is 0 Å². The molecule has 0 radical (unpaired) electrons. The van der Waals surface area contributed by atoms with Gasteiger partial charge in [-0.2, -0.15) is 0 Å². The van der Waals surface area contributed by atoms with Crippen LogP contribution in [0.5, 0.6) is 0 Å². The fraction of sp³-hybridized carbons (Fsp3) is 0.632. The molecule has 5 nitrogen and oxygen atoms in total. The predicted octanol–water partition coefficient (Wildman–Crippen LogP) is 3.46. The summed E-state index contributed by atoms with van der Waals surface area (Å²) in [4.78, 5) is 14.1. The number of rotatable bonds is 6. The molecule has 0 amide bonds. The van der Waals surface area contributed by atoms with Gasteiger partial charge in [-0.05, 0) is 24.0 Å². The van der Waals surface area contributed by atoms with Crippen molar-refractivity contribution < 1.29 is 9.47 Å². The summed E-state index contributed by atoms with van der Waals surface area (Å²) in [5.41, 5.74) is 1.52. The Kier molecular flexibility index (Phi) is 5.17. The van der Waals surface area contributed by atoms with Crippen molar-refractivity contribution >= 4 is 11.8 Å². The molecule has 0 unspecified atom stereocenters. The van der Waals surface area contributed by atoms with Crippen LogP contribution in [0.4, 0.5) is 0 Å². The molecule has 0 aromatic carbocycles. The third kappa shape index (κ3) is 3.45. The van der Waals surface area contributed by atoms with Gasteiger partial charge in [-0.3, -0.25) is 0 Å². The van der Waals surface area contributed by atoms with Gasteiger partial charge in [-0.1, -0.05) is 46.6 Å². The lowest BCUT2D eigenvalue weighted by Gasteiger charge is -2.11. The molecule has 1 aromatic heterocycles. The molecular weight excluding hydrogens is 302 g/mol. The van der Waals surface area contributed by atoms with Gasteiger partial charge in [0.15, 0.2) is 0 Å². The van der Waals surface area contributed by atoms with Crippen molar-refractivity contribution in [3.63, 3.8) is 0 Å². The van der Waals surface area contributed by atoms with Gasteiger partial charge in [-0.25, -0.2) is 15.0 Å². The van der Waals surface area contributed by atoms with E-state index in [1.807, 2.05) is 18.2 Å². The van der Waals surface area contributed by atoms with E-state index in [4.69, 9.17) is 19.5 Å². The summed E-state index contributed by atoms with van der Waals surface area (Å²) in [5.74, 6) is 2.31. The van der Waals surface area contributed by atoms with E-state index in [0.717, 1.165) is 24.2 Å². The van der Waals surface area contributed by atoms with E-state index < -0.39 is 0 Å². The lowest BCUT2D eigenvalue weighted by molar-refractivity contribution is 0.281. The normalized spacial score (nSPS) is 25.5. The molecule has 24 heavy (non-hydrogen) atoms. The standard InChI is InChI=1S/C19H27N3O2/c1-5-12(3)16-10-23-18(21-16)14-8-7-9-15(20-14)19-22-17(11-24-19)13(4)6-2/h7-9,12-13,16-17H,5-6,10-11H2,1-4H3/t12-,13-,16+,17+/m0/s1. The number of ether oxygens (including phenoxy) is 2. The highest BCUT2D eigenvalue weighted by Gasteiger charge is 2.27. The van der Waals surface area contributed by atoms with Crippen LogP contribution in [0, 0.1) is 11.8 Å². The summed E-state index contributed by atoms with van der Waals surface area (Å²) >= 11 is 0. The molecule has 5 heteroatoms. The van der Waals surface area contributed by atoms with Gasteiger partial charge in [0, 0.05) is 0 Å². The number of hydrogen-bond donors (Lipinski definition) is 0. The summed E-state index contributed by atoms with van der Waals surface area (Å²) in [6.07, 6.45) is 2.19. The molecular formula is C19H27N3O2. The second kappa shape index (κ2) is 7.32. The van der Waals surface area contributed by atoms with E-state index in [-0.39, 0.29) is 12.1 Å². The Labute approximate surface area is 144 Å². The van der Waals surface area contributed by atoms with E-state index in [2.05, 4.69) is 32.7 Å². The fourth-order valence-corrected chi connectivity index (χ4v) is 2.86. The van der Waals surface area contributed by atoms with Crippen molar-refractivity contribution in [2.45, 2.75) is 52.6 Å². The Morgan fingerprint density at radius 2 is 1.38 bits per heavy atom. The van der Waals surface area contributed by atoms with Crippen LogP contribution in [0.1, 0.15) is 51.9 Å². The summed E-state index contributed by atoms with van der Waals surface area (Å²) in [6, 6.07) is 6.28. The van der Waals surface area contributed by atoms with Gasteiger partial charge >= 0.3 is 0 Å². The Morgan fingerprint density at radius 3 is 1.79 bits per heavy atom. The van der Waals surface area contributed by atoms with Gasteiger partial charge < -0.3 is 9.47 Å². The molecule has 0 bridgehead atoms. The Balaban J connectivity index is 1.78. The van der Waals surface area contributed by atoms with Crippen LogP contribution in [0.25, 0.3) is 0 Å². The van der Waals surface area contributed by atoms with Crippen LogP contribution in [0.3, 0.4) is 0 Å². The lowest BCUT2D eigenvalue weighted by Crippen LogP contribution is -2.16. The maximum Gasteiger partial charge on any atom is 0.235 e. The zero-order valence-corrected chi connectivity index (χ0v) is 15.0. The molecule has 1 aromatic rings. The first kappa shape index (κ1) is 16.9. The molecule has 130 valence electrons. The molecule has 3 heterocycles. The lowest BCUT2D eigenvalue weighted by atomic mass is 10.0. The quantitative estimate of drug-likeness (QED) is 0.803. The van der Waals surface area contributed by atoms with Gasteiger partial charge in [0.2, 0.25) is 11.8 Å². The van der Waals surface area contributed by atoms with E-state index in [1.54, 1.807) is 0 Å². The maximum atomic E-state index is 5.78.